The van der Waals surface area contributed by atoms with Crippen molar-refractivity contribution in [2.24, 2.45) is 0 Å². The SMILES string of the molecule is COc1cc(-c2ccn3nc(Nc4cccc(CNC(=O)c5ccoc5)n4)cc3n2)cnc1OC. The highest BCUT2D eigenvalue weighted by Gasteiger charge is 2.11. The van der Waals surface area contributed by atoms with Crippen LogP contribution >= 0.6 is 0 Å². The third-order valence-electron chi connectivity index (χ3n) is 5.13. The number of aromatic nitrogens is 5. The number of methoxy groups -OCH3 is 2. The van der Waals surface area contributed by atoms with Crippen LogP contribution in [-0.2, 0) is 6.54 Å². The number of ether oxygens (including phenoxy) is 2. The fourth-order valence-electron chi connectivity index (χ4n) is 3.42. The first-order valence-corrected chi connectivity index (χ1v) is 10.6. The number of fused-ring (bicyclic) bond motifs is 1. The van der Waals surface area contributed by atoms with Gasteiger partial charge in [-0.05, 0) is 30.3 Å². The van der Waals surface area contributed by atoms with Gasteiger partial charge in [-0.2, -0.15) is 0 Å². The first kappa shape index (κ1) is 21.9. The molecule has 2 N–H and O–H groups in total. The molecule has 5 rings (SSSR count). The molecule has 0 radical (unpaired) electrons. The number of nitrogens with one attached hydrogen (secondary N) is 2. The Morgan fingerprint density at radius 2 is 2.00 bits per heavy atom. The van der Waals surface area contributed by atoms with E-state index in [9.17, 15) is 4.79 Å². The molecule has 0 bridgehead atoms. The zero-order chi connectivity index (χ0) is 24.2. The van der Waals surface area contributed by atoms with E-state index in [0.717, 1.165) is 5.56 Å². The Kier molecular flexibility index (Phi) is 5.95. The molecule has 35 heavy (non-hydrogen) atoms. The molecular formula is C24H21N7O4. The summed E-state index contributed by atoms with van der Waals surface area (Å²) >= 11 is 0. The van der Waals surface area contributed by atoms with Crippen molar-refractivity contribution in [1.82, 2.24) is 29.9 Å². The molecular weight excluding hydrogens is 450 g/mol. The summed E-state index contributed by atoms with van der Waals surface area (Å²) in [4.78, 5) is 25.6. The number of carbonyl (C=O) groups is 1. The quantitative estimate of drug-likeness (QED) is 0.349. The van der Waals surface area contributed by atoms with Gasteiger partial charge in [-0.3, -0.25) is 4.79 Å². The van der Waals surface area contributed by atoms with Crippen LogP contribution in [0.25, 0.3) is 16.9 Å². The Morgan fingerprint density at radius 3 is 2.80 bits per heavy atom. The number of nitrogens with zero attached hydrogens (tertiary/aromatic N) is 5. The molecule has 0 fully saturated rings. The molecule has 0 saturated heterocycles. The minimum atomic E-state index is -0.231. The maximum atomic E-state index is 12.1. The summed E-state index contributed by atoms with van der Waals surface area (Å²) in [6, 6.07) is 12.6. The van der Waals surface area contributed by atoms with Crippen molar-refractivity contribution in [3.05, 3.63) is 78.6 Å². The van der Waals surface area contributed by atoms with Gasteiger partial charge >= 0.3 is 0 Å². The highest BCUT2D eigenvalue weighted by Crippen LogP contribution is 2.29. The summed E-state index contributed by atoms with van der Waals surface area (Å²) in [6.45, 7) is 0.273. The second kappa shape index (κ2) is 9.51. The lowest BCUT2D eigenvalue weighted by molar-refractivity contribution is 0.0950. The van der Waals surface area contributed by atoms with E-state index in [0.29, 0.717) is 45.9 Å². The van der Waals surface area contributed by atoms with Crippen molar-refractivity contribution in [2.45, 2.75) is 6.54 Å². The molecule has 0 aliphatic carbocycles. The van der Waals surface area contributed by atoms with Gasteiger partial charge in [-0.15, -0.1) is 5.10 Å². The third kappa shape index (κ3) is 4.74. The molecule has 0 saturated carbocycles. The fourth-order valence-corrected chi connectivity index (χ4v) is 3.42. The van der Waals surface area contributed by atoms with Gasteiger partial charge < -0.3 is 24.5 Å². The van der Waals surface area contributed by atoms with Crippen LogP contribution in [0, 0.1) is 0 Å². The molecule has 11 nitrogen and oxygen atoms in total. The normalized spacial score (nSPS) is 10.8. The van der Waals surface area contributed by atoms with Crippen molar-refractivity contribution in [3.63, 3.8) is 0 Å². The minimum absolute atomic E-state index is 0.231. The number of hydrogen-bond donors (Lipinski definition) is 2. The third-order valence-corrected chi connectivity index (χ3v) is 5.13. The predicted molar refractivity (Wildman–Crippen MR) is 127 cm³/mol. The van der Waals surface area contributed by atoms with Crippen LogP contribution in [0.15, 0.2) is 71.8 Å². The predicted octanol–water partition coefficient (Wildman–Crippen LogP) is 3.47. The van der Waals surface area contributed by atoms with Crippen LogP contribution in [0.4, 0.5) is 11.6 Å². The molecule has 1 amide bonds. The number of anilines is 2. The smallest absolute Gasteiger partial charge is 0.256 e. The average Bonchev–Trinajstić information content (AvgIpc) is 3.56. The van der Waals surface area contributed by atoms with Crippen LogP contribution in [0.2, 0.25) is 0 Å². The Labute approximate surface area is 199 Å². The van der Waals surface area contributed by atoms with Gasteiger partial charge in [0.05, 0.1) is 44.0 Å². The number of carbonyl (C=O) groups excluding carboxylic acids is 1. The molecule has 0 aliphatic rings. The summed E-state index contributed by atoms with van der Waals surface area (Å²) in [5.41, 5.74) is 3.29. The molecule has 5 aromatic heterocycles. The lowest BCUT2D eigenvalue weighted by atomic mass is 10.2. The zero-order valence-corrected chi connectivity index (χ0v) is 18.9. The molecule has 0 aromatic carbocycles. The number of amides is 1. The molecule has 0 unspecified atom stereocenters. The van der Waals surface area contributed by atoms with Crippen LogP contribution in [-0.4, -0.2) is 44.7 Å². The Hall–Kier alpha value is -4.93. The van der Waals surface area contributed by atoms with Gasteiger partial charge in [0, 0.05) is 24.0 Å². The van der Waals surface area contributed by atoms with E-state index in [-0.39, 0.29) is 12.5 Å². The maximum Gasteiger partial charge on any atom is 0.256 e. The average molecular weight is 471 g/mol. The summed E-state index contributed by atoms with van der Waals surface area (Å²) in [6.07, 6.45) is 6.34. The summed E-state index contributed by atoms with van der Waals surface area (Å²) < 4.78 is 17.1. The second-order valence-electron chi connectivity index (χ2n) is 7.41. The standard InChI is InChI=1S/C24H21N7O4/c1-33-19-10-16(12-26-24(19)34-2)18-6-8-31-22(28-18)11-21(30-31)29-20-5-3-4-17(27-20)13-25-23(32)15-7-9-35-14-15/h3-12,14H,13H2,1-2H3,(H,25,32)(H,27,29,30). The van der Waals surface area contributed by atoms with E-state index in [2.05, 4.69) is 30.7 Å². The first-order chi connectivity index (χ1) is 17.1. The monoisotopic (exact) mass is 471 g/mol. The van der Waals surface area contributed by atoms with E-state index < -0.39 is 0 Å². The topological polar surface area (TPSA) is 129 Å². The van der Waals surface area contributed by atoms with Crippen molar-refractivity contribution in [3.8, 4) is 22.9 Å². The molecule has 11 heteroatoms. The molecule has 0 aliphatic heterocycles. The molecule has 0 atom stereocenters. The van der Waals surface area contributed by atoms with Crippen LogP contribution in [0.3, 0.4) is 0 Å². The van der Waals surface area contributed by atoms with Gasteiger partial charge in [0.15, 0.2) is 17.2 Å². The molecule has 176 valence electrons. The van der Waals surface area contributed by atoms with Crippen LogP contribution < -0.4 is 20.1 Å². The number of rotatable bonds is 8. The van der Waals surface area contributed by atoms with Gasteiger partial charge in [0.25, 0.3) is 11.8 Å². The zero-order valence-electron chi connectivity index (χ0n) is 18.9. The molecule has 5 heterocycles. The Bertz CT molecular complexity index is 1480. The molecule has 0 spiro atoms. The van der Waals surface area contributed by atoms with Gasteiger partial charge in [0.1, 0.15) is 12.1 Å². The summed E-state index contributed by atoms with van der Waals surface area (Å²) in [5.74, 6) is 1.86. The minimum Gasteiger partial charge on any atom is -0.491 e. The number of hydrogen-bond acceptors (Lipinski definition) is 9. The van der Waals surface area contributed by atoms with Gasteiger partial charge in [0.2, 0.25) is 0 Å². The van der Waals surface area contributed by atoms with E-state index >= 15 is 0 Å². The maximum absolute atomic E-state index is 12.1. The highest BCUT2D eigenvalue weighted by molar-refractivity contribution is 5.93. The molecule has 5 aromatic rings. The lowest BCUT2D eigenvalue weighted by Gasteiger charge is -2.08. The van der Waals surface area contributed by atoms with Gasteiger partial charge in [-0.25, -0.2) is 19.5 Å². The number of furan rings is 1. The van der Waals surface area contributed by atoms with E-state index in [4.69, 9.17) is 13.9 Å². The van der Waals surface area contributed by atoms with Gasteiger partial charge in [-0.1, -0.05) is 6.07 Å². The van der Waals surface area contributed by atoms with Crippen LogP contribution in [0.1, 0.15) is 16.1 Å². The Balaban J connectivity index is 1.31. The Morgan fingerprint density at radius 1 is 1.09 bits per heavy atom. The van der Waals surface area contributed by atoms with E-state index in [1.807, 2.05) is 42.6 Å². The largest absolute Gasteiger partial charge is 0.491 e. The highest BCUT2D eigenvalue weighted by atomic mass is 16.5. The van der Waals surface area contributed by atoms with Crippen molar-refractivity contribution in [1.29, 1.82) is 0 Å². The first-order valence-electron chi connectivity index (χ1n) is 10.6. The van der Waals surface area contributed by atoms with E-state index in [1.165, 1.54) is 19.6 Å². The van der Waals surface area contributed by atoms with Crippen molar-refractivity contribution in [2.75, 3.05) is 19.5 Å². The van der Waals surface area contributed by atoms with E-state index in [1.54, 1.807) is 23.9 Å². The van der Waals surface area contributed by atoms with Crippen molar-refractivity contribution < 1.29 is 18.7 Å². The second-order valence-corrected chi connectivity index (χ2v) is 7.41. The summed E-state index contributed by atoms with van der Waals surface area (Å²) in [7, 11) is 3.10. The lowest BCUT2D eigenvalue weighted by Crippen LogP contribution is -2.22. The van der Waals surface area contributed by atoms with Crippen molar-refractivity contribution >= 4 is 23.2 Å². The fraction of sp³-hybridized carbons (Fsp3) is 0.125. The summed E-state index contributed by atoms with van der Waals surface area (Å²) in [5, 5.41) is 10.5. The number of pyridine rings is 2. The van der Waals surface area contributed by atoms with Crippen LogP contribution in [0.5, 0.6) is 11.6 Å².